The van der Waals surface area contributed by atoms with Crippen molar-refractivity contribution >= 4 is 16.1 Å². The van der Waals surface area contributed by atoms with Crippen LogP contribution in [0.5, 0.6) is 11.5 Å². The van der Waals surface area contributed by atoms with Crippen molar-refractivity contribution in [3.63, 3.8) is 0 Å². The van der Waals surface area contributed by atoms with Crippen LogP contribution < -0.4 is 19.4 Å². The molecule has 1 aromatic carbocycles. The van der Waals surface area contributed by atoms with Gasteiger partial charge in [-0.05, 0) is 44.4 Å². The first kappa shape index (κ1) is 25.7. The van der Waals surface area contributed by atoms with Gasteiger partial charge in [-0.2, -0.15) is 21.6 Å². The molecule has 1 saturated heterocycles. The maximum Gasteiger partial charge on any atom is 0.573 e. The van der Waals surface area contributed by atoms with Crippen LogP contribution in [0.1, 0.15) is 48.7 Å². The molecule has 2 aliphatic heterocycles. The fourth-order valence-corrected chi connectivity index (χ4v) is 4.91. The van der Waals surface area contributed by atoms with Gasteiger partial charge in [0.15, 0.2) is 16.9 Å². The van der Waals surface area contributed by atoms with Gasteiger partial charge in [-0.15, -0.1) is 13.2 Å². The Morgan fingerprint density at radius 1 is 1.11 bits per heavy atom. The van der Waals surface area contributed by atoms with Crippen molar-refractivity contribution in [2.24, 2.45) is 0 Å². The maximum absolute atomic E-state index is 13.1. The first-order valence-corrected chi connectivity index (χ1v) is 11.5. The SMILES string of the molecule is CC1(C)CCC2c3cc(OS(=O)(=O)C(F)(F)F)c(OC(F)(F)F)cc3-c3cc(=O)c(C(=O)O)cn3N21. The number of nitrogens with zero attached hydrogens (tertiary/aromatic N) is 2. The molecule has 0 amide bonds. The van der Waals surface area contributed by atoms with E-state index in [0.29, 0.717) is 25.0 Å². The summed E-state index contributed by atoms with van der Waals surface area (Å²) in [5.41, 5.74) is -8.37. The Balaban J connectivity index is 2.02. The van der Waals surface area contributed by atoms with Crippen LogP contribution in [0, 0.1) is 0 Å². The lowest BCUT2D eigenvalue weighted by atomic mass is 9.93. The summed E-state index contributed by atoms with van der Waals surface area (Å²) in [4.78, 5) is 24.0. The third kappa shape index (κ3) is 4.22. The van der Waals surface area contributed by atoms with Crippen molar-refractivity contribution in [3.8, 4) is 22.8 Å². The smallest absolute Gasteiger partial charge is 0.477 e. The van der Waals surface area contributed by atoms with E-state index in [1.165, 1.54) is 4.68 Å². The fraction of sp³-hybridized carbons (Fsp3) is 0.400. The van der Waals surface area contributed by atoms with E-state index in [1.54, 1.807) is 18.9 Å². The van der Waals surface area contributed by atoms with Gasteiger partial charge >= 0.3 is 28.0 Å². The number of carboxylic acids is 1. The number of fused-ring (bicyclic) bond motifs is 6. The zero-order valence-corrected chi connectivity index (χ0v) is 19.1. The lowest BCUT2D eigenvalue weighted by Crippen LogP contribution is -2.50. The molecule has 1 fully saturated rings. The second-order valence-corrected chi connectivity index (χ2v) is 10.3. The molecule has 0 aliphatic carbocycles. The lowest BCUT2D eigenvalue weighted by molar-refractivity contribution is -0.274. The number of carboxylic acid groups (broad SMARTS) is 1. The number of carbonyl (C=O) groups is 1. The topological polar surface area (TPSA) is 115 Å². The van der Waals surface area contributed by atoms with E-state index in [-0.39, 0.29) is 16.8 Å². The van der Waals surface area contributed by atoms with E-state index in [2.05, 4.69) is 8.92 Å². The summed E-state index contributed by atoms with van der Waals surface area (Å²) in [5, 5.41) is 11.0. The molecule has 1 aromatic heterocycles. The Bertz CT molecular complexity index is 1430. The van der Waals surface area contributed by atoms with Crippen LogP contribution in [0.15, 0.2) is 29.2 Å². The van der Waals surface area contributed by atoms with Gasteiger partial charge in [-0.3, -0.25) is 14.5 Å². The molecule has 0 saturated carbocycles. The minimum absolute atomic E-state index is 0.0601. The number of hydrogen-bond donors (Lipinski definition) is 1. The molecule has 16 heteroatoms. The maximum atomic E-state index is 13.1. The zero-order chi connectivity index (χ0) is 27.0. The summed E-state index contributed by atoms with van der Waals surface area (Å²) in [5.74, 6) is -4.30. The minimum atomic E-state index is -6.36. The Morgan fingerprint density at radius 2 is 1.75 bits per heavy atom. The summed E-state index contributed by atoms with van der Waals surface area (Å²) in [6.07, 6.45) is -3.69. The van der Waals surface area contributed by atoms with Gasteiger partial charge in [0.25, 0.3) is 0 Å². The number of alkyl halides is 6. The molecular weight excluding hydrogens is 526 g/mol. The summed E-state index contributed by atoms with van der Waals surface area (Å²) >= 11 is 0. The average Bonchev–Trinajstić information content (AvgIpc) is 3.01. The van der Waals surface area contributed by atoms with Crippen molar-refractivity contribution in [2.45, 2.75) is 50.1 Å². The predicted octanol–water partition coefficient (Wildman–Crippen LogP) is 3.91. The highest BCUT2D eigenvalue weighted by molar-refractivity contribution is 7.88. The molecule has 9 nitrogen and oxygen atoms in total. The van der Waals surface area contributed by atoms with Crippen LogP contribution in [-0.2, 0) is 10.1 Å². The highest BCUT2D eigenvalue weighted by Crippen LogP contribution is 2.51. The molecule has 4 rings (SSSR count). The lowest BCUT2D eigenvalue weighted by Gasteiger charge is -2.44. The van der Waals surface area contributed by atoms with Gasteiger partial charge in [-0.25, -0.2) is 4.79 Å². The Kier molecular flexibility index (Phi) is 5.55. The summed E-state index contributed by atoms with van der Waals surface area (Å²) < 4.78 is 110. The Hall–Kier alpha value is -3.43. The molecule has 196 valence electrons. The van der Waals surface area contributed by atoms with Crippen LogP contribution in [0.4, 0.5) is 26.3 Å². The number of aromatic carboxylic acids is 1. The van der Waals surface area contributed by atoms with E-state index < -0.39 is 62.0 Å². The number of rotatable bonds is 4. The van der Waals surface area contributed by atoms with Gasteiger partial charge < -0.3 is 14.0 Å². The monoisotopic (exact) mass is 542 g/mol. The van der Waals surface area contributed by atoms with E-state index >= 15 is 0 Å². The largest absolute Gasteiger partial charge is 0.573 e. The first-order valence-electron chi connectivity index (χ1n) is 10.1. The van der Waals surface area contributed by atoms with Crippen molar-refractivity contribution in [2.75, 3.05) is 5.01 Å². The molecular formula is C20H16F6N2O7S. The normalized spacial score (nSPS) is 18.8. The van der Waals surface area contributed by atoms with Gasteiger partial charge in [0, 0.05) is 17.8 Å². The van der Waals surface area contributed by atoms with Crippen molar-refractivity contribution in [1.29, 1.82) is 0 Å². The molecule has 2 aromatic rings. The standard InChI is InChI=1S/C20H16F6N2O7S/c1-18(2)4-3-12-9-6-16(35-36(32,33)20(24,25)26)15(34-19(21,22)23)5-10(9)13-7-14(29)11(17(30)31)8-27(13)28(12)18/h5-8,12H,3-4H2,1-2H3,(H,30,31). The average molecular weight is 542 g/mol. The molecule has 0 spiro atoms. The van der Waals surface area contributed by atoms with Crippen LogP contribution in [0.25, 0.3) is 11.3 Å². The molecule has 0 radical (unpaired) electrons. The highest BCUT2D eigenvalue weighted by atomic mass is 32.2. The quantitative estimate of drug-likeness (QED) is 0.352. The summed E-state index contributed by atoms with van der Waals surface area (Å²) in [6.45, 7) is 3.51. The van der Waals surface area contributed by atoms with Gasteiger partial charge in [0.05, 0.1) is 17.3 Å². The Labute approximate surface area is 198 Å². The number of pyridine rings is 1. The van der Waals surface area contributed by atoms with E-state index in [4.69, 9.17) is 0 Å². The van der Waals surface area contributed by atoms with E-state index in [9.17, 15) is 49.5 Å². The van der Waals surface area contributed by atoms with E-state index in [0.717, 1.165) is 12.3 Å². The van der Waals surface area contributed by atoms with Crippen LogP contribution in [-0.4, -0.2) is 41.6 Å². The number of aromatic nitrogens is 1. The van der Waals surface area contributed by atoms with Crippen LogP contribution in [0.3, 0.4) is 0 Å². The van der Waals surface area contributed by atoms with Crippen molar-refractivity contribution in [3.05, 3.63) is 45.7 Å². The fourth-order valence-electron chi connectivity index (χ4n) is 4.45. The first-order chi connectivity index (χ1) is 16.3. The highest BCUT2D eigenvalue weighted by Gasteiger charge is 2.50. The molecule has 2 aliphatic rings. The van der Waals surface area contributed by atoms with Gasteiger partial charge in [0.2, 0.25) is 0 Å². The van der Waals surface area contributed by atoms with Gasteiger partial charge in [0.1, 0.15) is 5.56 Å². The molecule has 1 atom stereocenters. The van der Waals surface area contributed by atoms with Crippen molar-refractivity contribution in [1.82, 2.24) is 4.68 Å². The molecule has 0 bridgehead atoms. The number of benzene rings is 1. The second-order valence-electron chi connectivity index (χ2n) is 8.71. The molecule has 1 N–H and O–H groups in total. The minimum Gasteiger partial charge on any atom is -0.477 e. The van der Waals surface area contributed by atoms with E-state index in [1.807, 2.05) is 0 Å². The molecule has 3 heterocycles. The van der Waals surface area contributed by atoms with Crippen molar-refractivity contribution < 1.29 is 53.6 Å². The number of hydrogen-bond acceptors (Lipinski definition) is 7. The summed E-state index contributed by atoms with van der Waals surface area (Å²) in [6, 6.07) is 1.41. The Morgan fingerprint density at radius 3 is 2.31 bits per heavy atom. The number of halogens is 6. The van der Waals surface area contributed by atoms with Crippen LogP contribution in [0.2, 0.25) is 0 Å². The molecule has 36 heavy (non-hydrogen) atoms. The molecule has 1 unspecified atom stereocenters. The zero-order valence-electron chi connectivity index (χ0n) is 18.3. The van der Waals surface area contributed by atoms with Gasteiger partial charge in [-0.1, -0.05) is 0 Å². The van der Waals surface area contributed by atoms with Crippen LogP contribution >= 0.6 is 0 Å². The predicted molar refractivity (Wildman–Crippen MR) is 110 cm³/mol. The summed E-state index contributed by atoms with van der Waals surface area (Å²) in [7, 11) is -6.36. The third-order valence-electron chi connectivity index (χ3n) is 5.90. The third-order valence-corrected chi connectivity index (χ3v) is 6.86. The number of ether oxygens (including phenoxy) is 1. The second kappa shape index (κ2) is 7.78.